The lowest BCUT2D eigenvalue weighted by Crippen LogP contribution is -2.56. The summed E-state index contributed by atoms with van der Waals surface area (Å²) in [6.45, 7) is 0. The van der Waals surface area contributed by atoms with E-state index in [1.54, 1.807) is 25.3 Å². The van der Waals surface area contributed by atoms with E-state index in [-0.39, 0.29) is 18.3 Å². The van der Waals surface area contributed by atoms with E-state index in [1.165, 1.54) is 0 Å². The van der Waals surface area contributed by atoms with Crippen LogP contribution in [-0.2, 0) is 4.79 Å². The largest absolute Gasteiger partial charge is 0.496 e. The number of nitrogens with one attached hydrogen (secondary N) is 1. The van der Waals surface area contributed by atoms with Gasteiger partial charge in [0, 0.05) is 5.69 Å². The molecule has 1 aromatic carbocycles. The SMILES string of the molecule is COc1ccc(NC(=O)C2(N)CCC2)cc1Br.Cl. The molecule has 6 heteroatoms. The van der Waals surface area contributed by atoms with Crippen molar-refractivity contribution in [1.29, 1.82) is 0 Å². The molecule has 1 aliphatic rings. The van der Waals surface area contributed by atoms with E-state index in [0.717, 1.165) is 35.2 Å². The number of methoxy groups -OCH3 is 1. The van der Waals surface area contributed by atoms with Crippen molar-refractivity contribution in [3.63, 3.8) is 0 Å². The van der Waals surface area contributed by atoms with Gasteiger partial charge in [-0.15, -0.1) is 12.4 Å². The van der Waals surface area contributed by atoms with Crippen LogP contribution in [0, 0.1) is 0 Å². The topological polar surface area (TPSA) is 64.3 Å². The van der Waals surface area contributed by atoms with E-state index >= 15 is 0 Å². The van der Waals surface area contributed by atoms with E-state index in [0.29, 0.717) is 0 Å². The third kappa shape index (κ3) is 2.96. The van der Waals surface area contributed by atoms with Crippen LogP contribution in [-0.4, -0.2) is 18.6 Å². The maximum Gasteiger partial charge on any atom is 0.244 e. The minimum Gasteiger partial charge on any atom is -0.496 e. The summed E-state index contributed by atoms with van der Waals surface area (Å²) in [6.07, 6.45) is 2.54. The number of benzene rings is 1. The maximum atomic E-state index is 11.9. The van der Waals surface area contributed by atoms with Gasteiger partial charge in [-0.25, -0.2) is 0 Å². The van der Waals surface area contributed by atoms with Gasteiger partial charge < -0.3 is 15.8 Å². The number of amides is 1. The fraction of sp³-hybridized carbons (Fsp3) is 0.417. The number of hydrogen-bond acceptors (Lipinski definition) is 3. The second-order valence-corrected chi connectivity index (χ2v) is 5.17. The number of anilines is 1. The number of rotatable bonds is 3. The Balaban J connectivity index is 0.00000162. The van der Waals surface area contributed by atoms with Gasteiger partial charge in [0.1, 0.15) is 5.75 Å². The highest BCUT2D eigenvalue weighted by Gasteiger charge is 2.40. The van der Waals surface area contributed by atoms with Crippen molar-refractivity contribution in [2.45, 2.75) is 24.8 Å². The number of halogens is 2. The summed E-state index contributed by atoms with van der Waals surface area (Å²) < 4.78 is 5.92. The van der Waals surface area contributed by atoms with Gasteiger partial charge in [0.15, 0.2) is 0 Å². The van der Waals surface area contributed by atoms with Crippen LogP contribution in [0.25, 0.3) is 0 Å². The minimum absolute atomic E-state index is 0. The molecule has 0 aromatic heterocycles. The fourth-order valence-corrected chi connectivity index (χ4v) is 2.33. The molecule has 0 saturated heterocycles. The molecule has 0 aliphatic heterocycles. The molecule has 1 aromatic rings. The standard InChI is InChI=1S/C12H15BrN2O2.ClH/c1-17-10-4-3-8(7-9(10)13)15-11(16)12(14)5-2-6-12;/h3-4,7H,2,5-6,14H2,1H3,(H,15,16);1H. The normalized spacial score (nSPS) is 16.2. The Hall–Kier alpha value is -0.780. The molecule has 1 aliphatic carbocycles. The molecule has 0 unspecified atom stereocenters. The van der Waals surface area contributed by atoms with Gasteiger partial charge in [-0.2, -0.15) is 0 Å². The van der Waals surface area contributed by atoms with E-state index in [4.69, 9.17) is 10.5 Å². The molecule has 1 fully saturated rings. The Morgan fingerprint density at radius 2 is 2.17 bits per heavy atom. The third-order valence-corrected chi connectivity index (χ3v) is 3.73. The van der Waals surface area contributed by atoms with Crippen molar-refractivity contribution in [3.05, 3.63) is 22.7 Å². The predicted molar refractivity (Wildman–Crippen MR) is 77.3 cm³/mol. The third-order valence-electron chi connectivity index (χ3n) is 3.11. The smallest absolute Gasteiger partial charge is 0.244 e. The zero-order valence-electron chi connectivity index (χ0n) is 10.0. The van der Waals surface area contributed by atoms with Crippen LogP contribution >= 0.6 is 28.3 Å². The van der Waals surface area contributed by atoms with Crippen LogP contribution in [0.1, 0.15) is 19.3 Å². The summed E-state index contributed by atoms with van der Waals surface area (Å²) in [7, 11) is 1.60. The first-order chi connectivity index (χ1) is 8.05. The van der Waals surface area contributed by atoms with Crippen molar-refractivity contribution in [3.8, 4) is 5.75 Å². The van der Waals surface area contributed by atoms with E-state index < -0.39 is 5.54 Å². The zero-order chi connectivity index (χ0) is 12.5. The first-order valence-corrected chi connectivity index (χ1v) is 6.28. The molecule has 0 spiro atoms. The Kier molecular flexibility index (Phi) is 5.01. The molecule has 1 amide bonds. The van der Waals surface area contributed by atoms with Crippen molar-refractivity contribution < 1.29 is 9.53 Å². The molecule has 0 atom stereocenters. The van der Waals surface area contributed by atoms with Crippen molar-refractivity contribution in [2.24, 2.45) is 5.73 Å². The van der Waals surface area contributed by atoms with Gasteiger partial charge >= 0.3 is 0 Å². The van der Waals surface area contributed by atoms with Crippen LogP contribution in [0.15, 0.2) is 22.7 Å². The first kappa shape index (κ1) is 15.3. The summed E-state index contributed by atoms with van der Waals surface area (Å²) >= 11 is 3.37. The Morgan fingerprint density at radius 3 is 2.61 bits per heavy atom. The van der Waals surface area contributed by atoms with Gasteiger partial charge in [0.2, 0.25) is 5.91 Å². The molecule has 4 nitrogen and oxygen atoms in total. The molecule has 0 heterocycles. The summed E-state index contributed by atoms with van der Waals surface area (Å²) in [4.78, 5) is 11.9. The van der Waals surface area contributed by atoms with Crippen molar-refractivity contribution >= 4 is 39.9 Å². The maximum absolute atomic E-state index is 11.9. The van der Waals surface area contributed by atoms with Gasteiger partial charge in [0.25, 0.3) is 0 Å². The number of carbonyl (C=O) groups is 1. The molecule has 0 radical (unpaired) electrons. The summed E-state index contributed by atoms with van der Waals surface area (Å²) in [5, 5.41) is 2.83. The lowest BCUT2D eigenvalue weighted by Gasteiger charge is -2.36. The molecular formula is C12H16BrClN2O2. The molecule has 0 bridgehead atoms. The predicted octanol–water partition coefficient (Wildman–Crippen LogP) is 2.70. The Labute approximate surface area is 121 Å². The number of nitrogens with two attached hydrogens (primary N) is 1. The highest BCUT2D eigenvalue weighted by Crippen LogP contribution is 2.32. The number of ether oxygens (including phenoxy) is 1. The van der Waals surface area contributed by atoms with E-state index in [2.05, 4.69) is 21.2 Å². The van der Waals surface area contributed by atoms with Crippen LogP contribution in [0.3, 0.4) is 0 Å². The van der Waals surface area contributed by atoms with Crippen LogP contribution in [0.4, 0.5) is 5.69 Å². The summed E-state index contributed by atoms with van der Waals surface area (Å²) in [6, 6.07) is 5.39. The first-order valence-electron chi connectivity index (χ1n) is 5.49. The molecule has 18 heavy (non-hydrogen) atoms. The van der Waals surface area contributed by atoms with Gasteiger partial charge in [-0.05, 0) is 53.4 Å². The average molecular weight is 336 g/mol. The summed E-state index contributed by atoms with van der Waals surface area (Å²) in [5.41, 5.74) is 5.99. The molecule has 1 saturated carbocycles. The quantitative estimate of drug-likeness (QED) is 0.892. The molecule has 100 valence electrons. The monoisotopic (exact) mass is 334 g/mol. The van der Waals surface area contributed by atoms with Gasteiger partial charge in [0.05, 0.1) is 17.1 Å². The van der Waals surface area contributed by atoms with Crippen molar-refractivity contribution in [1.82, 2.24) is 0 Å². The highest BCUT2D eigenvalue weighted by molar-refractivity contribution is 9.10. The zero-order valence-corrected chi connectivity index (χ0v) is 12.4. The number of hydrogen-bond donors (Lipinski definition) is 2. The van der Waals surface area contributed by atoms with Crippen molar-refractivity contribution in [2.75, 3.05) is 12.4 Å². The number of carbonyl (C=O) groups excluding carboxylic acids is 1. The van der Waals surface area contributed by atoms with Crippen LogP contribution in [0.5, 0.6) is 5.75 Å². The molecule has 3 N–H and O–H groups in total. The minimum atomic E-state index is -0.674. The Bertz CT molecular complexity index is 450. The second-order valence-electron chi connectivity index (χ2n) is 4.31. The lowest BCUT2D eigenvalue weighted by atomic mass is 9.77. The second kappa shape index (κ2) is 5.91. The van der Waals surface area contributed by atoms with Gasteiger partial charge in [-0.1, -0.05) is 0 Å². The summed E-state index contributed by atoms with van der Waals surface area (Å²) in [5.74, 6) is 0.620. The molecule has 2 rings (SSSR count). The van der Waals surface area contributed by atoms with Gasteiger partial charge in [-0.3, -0.25) is 4.79 Å². The fourth-order valence-electron chi connectivity index (χ4n) is 1.78. The van der Waals surface area contributed by atoms with E-state index in [1.807, 2.05) is 0 Å². The van der Waals surface area contributed by atoms with Crippen LogP contribution < -0.4 is 15.8 Å². The van der Waals surface area contributed by atoms with E-state index in [9.17, 15) is 4.79 Å². The Morgan fingerprint density at radius 1 is 1.50 bits per heavy atom. The molecular weight excluding hydrogens is 320 g/mol. The highest BCUT2D eigenvalue weighted by atomic mass is 79.9. The lowest BCUT2D eigenvalue weighted by molar-refractivity contribution is -0.123. The van der Waals surface area contributed by atoms with Crippen LogP contribution in [0.2, 0.25) is 0 Å². The average Bonchev–Trinajstić information content (AvgIpc) is 2.26.